The van der Waals surface area contributed by atoms with Crippen LogP contribution < -0.4 is 27.8 Å². The molecule has 12 nitrogen and oxygen atoms in total. The molecule has 1 aromatic rings. The molecule has 4 atom stereocenters. The summed E-state index contributed by atoms with van der Waals surface area (Å²) >= 11 is 0. The van der Waals surface area contributed by atoms with Crippen LogP contribution in [0.3, 0.4) is 0 Å². The largest absolute Gasteiger partial charge is 0.508 e. The molecule has 0 aromatic heterocycles. The predicted molar refractivity (Wildman–Crippen MR) is 142 cm³/mol. The van der Waals surface area contributed by atoms with Crippen LogP contribution in [0.4, 0.5) is 0 Å². The van der Waals surface area contributed by atoms with E-state index in [1.165, 1.54) is 17.0 Å². The van der Waals surface area contributed by atoms with E-state index in [2.05, 4.69) is 10.6 Å². The first kappa shape index (κ1) is 31.0. The quantitative estimate of drug-likeness (QED) is 0.137. The first-order chi connectivity index (χ1) is 18.2. The van der Waals surface area contributed by atoms with Gasteiger partial charge in [0, 0.05) is 13.0 Å². The number of carbonyl (C=O) groups is 4. The number of carboxylic acids is 1. The molecule has 12 heteroatoms. The molecule has 38 heavy (non-hydrogen) atoms. The number of benzene rings is 1. The molecule has 0 bridgehead atoms. The van der Waals surface area contributed by atoms with E-state index in [1.807, 2.05) is 0 Å². The van der Waals surface area contributed by atoms with Crippen LogP contribution in [0.1, 0.15) is 56.9 Å². The first-order valence-corrected chi connectivity index (χ1v) is 13.3. The number of nitrogens with zero attached hydrogens (tertiary/aromatic N) is 1. The second kappa shape index (κ2) is 15.9. The van der Waals surface area contributed by atoms with E-state index in [4.69, 9.17) is 17.2 Å². The molecule has 0 aliphatic carbocycles. The number of likely N-dealkylation sites (tertiary alicyclic amines) is 1. The summed E-state index contributed by atoms with van der Waals surface area (Å²) in [5.41, 5.74) is 17.8. The summed E-state index contributed by atoms with van der Waals surface area (Å²) in [6.45, 7) is 1.33. The highest BCUT2D eigenvalue weighted by Crippen LogP contribution is 2.20. The Balaban J connectivity index is 2.08. The van der Waals surface area contributed by atoms with Gasteiger partial charge in [0.25, 0.3) is 0 Å². The molecule has 1 aliphatic rings. The number of carbonyl (C=O) groups excluding carboxylic acids is 3. The summed E-state index contributed by atoms with van der Waals surface area (Å²) in [6, 6.07) is 2.31. The van der Waals surface area contributed by atoms with Crippen molar-refractivity contribution < 1.29 is 29.4 Å². The number of carboxylic acid groups (broad SMARTS) is 1. The number of hydrogen-bond acceptors (Lipinski definition) is 8. The number of phenols is 1. The van der Waals surface area contributed by atoms with Crippen LogP contribution in [-0.4, -0.2) is 82.6 Å². The molecule has 4 unspecified atom stereocenters. The number of aromatic hydroxyl groups is 1. The van der Waals surface area contributed by atoms with Crippen LogP contribution in [0.15, 0.2) is 24.3 Å². The van der Waals surface area contributed by atoms with Crippen LogP contribution in [-0.2, 0) is 25.6 Å². The average Bonchev–Trinajstić information content (AvgIpc) is 3.38. The lowest BCUT2D eigenvalue weighted by molar-refractivity contribution is -0.143. The molecular formula is C26H42N6O6. The van der Waals surface area contributed by atoms with Gasteiger partial charge in [-0.05, 0) is 75.7 Å². The van der Waals surface area contributed by atoms with E-state index in [1.54, 1.807) is 12.1 Å². The zero-order valence-corrected chi connectivity index (χ0v) is 21.8. The normalized spacial score (nSPS) is 17.4. The van der Waals surface area contributed by atoms with Gasteiger partial charge in [-0.25, -0.2) is 4.79 Å². The molecule has 3 amide bonds. The van der Waals surface area contributed by atoms with Crippen molar-refractivity contribution in [3.8, 4) is 5.75 Å². The lowest BCUT2D eigenvalue weighted by atomic mass is 10.0. The summed E-state index contributed by atoms with van der Waals surface area (Å²) < 4.78 is 0. The van der Waals surface area contributed by atoms with Gasteiger partial charge in [0.15, 0.2) is 0 Å². The van der Waals surface area contributed by atoms with E-state index in [9.17, 15) is 29.4 Å². The Kier molecular flexibility index (Phi) is 13.0. The summed E-state index contributed by atoms with van der Waals surface area (Å²) in [5.74, 6) is -2.58. The Bertz CT molecular complexity index is 927. The Morgan fingerprint density at radius 3 is 2.18 bits per heavy atom. The smallest absolute Gasteiger partial charge is 0.326 e. The van der Waals surface area contributed by atoms with Gasteiger partial charge < -0.3 is 42.9 Å². The number of rotatable bonds is 16. The van der Waals surface area contributed by atoms with Gasteiger partial charge in [0.1, 0.15) is 23.9 Å². The summed E-state index contributed by atoms with van der Waals surface area (Å²) in [5, 5.41) is 24.4. The highest BCUT2D eigenvalue weighted by Gasteiger charge is 2.37. The molecule has 0 saturated carbocycles. The lowest BCUT2D eigenvalue weighted by Gasteiger charge is -2.28. The molecule has 10 N–H and O–H groups in total. The van der Waals surface area contributed by atoms with Crippen molar-refractivity contribution in [2.45, 2.75) is 82.0 Å². The third-order valence-electron chi connectivity index (χ3n) is 6.70. The molecule has 212 valence electrons. The number of aliphatic carboxylic acids is 1. The molecule has 1 aliphatic heterocycles. The van der Waals surface area contributed by atoms with Crippen molar-refractivity contribution >= 4 is 23.7 Å². The van der Waals surface area contributed by atoms with E-state index in [0.717, 1.165) is 6.42 Å². The van der Waals surface area contributed by atoms with Crippen LogP contribution in [0.5, 0.6) is 5.75 Å². The minimum Gasteiger partial charge on any atom is -0.508 e. The molecule has 1 saturated heterocycles. The summed E-state index contributed by atoms with van der Waals surface area (Å²) in [7, 11) is 0. The Morgan fingerprint density at radius 1 is 0.947 bits per heavy atom. The van der Waals surface area contributed by atoms with Crippen molar-refractivity contribution in [2.75, 3.05) is 19.6 Å². The standard InChI is InChI=1S/C26H42N6O6/c27-13-3-1-6-19(29)25(36)32-15-5-8-22(32)24(35)30-20(7-2-4-14-28)23(34)31-21(26(37)38)16-17-9-11-18(33)12-10-17/h9-12,19-22,33H,1-8,13-16,27-29H2,(H,30,35)(H,31,34)(H,37,38). The van der Waals surface area contributed by atoms with E-state index < -0.39 is 42.0 Å². The number of hydrogen-bond donors (Lipinski definition) is 7. The highest BCUT2D eigenvalue weighted by molar-refractivity contribution is 5.94. The predicted octanol–water partition coefficient (Wildman–Crippen LogP) is -0.435. The monoisotopic (exact) mass is 534 g/mol. The number of nitrogens with two attached hydrogens (primary N) is 3. The Morgan fingerprint density at radius 2 is 1.58 bits per heavy atom. The molecule has 2 rings (SSSR count). The summed E-state index contributed by atoms with van der Waals surface area (Å²) in [6.07, 6.45) is 4.46. The molecule has 1 heterocycles. The molecular weight excluding hydrogens is 492 g/mol. The van der Waals surface area contributed by atoms with E-state index >= 15 is 0 Å². The fraction of sp³-hybridized carbons (Fsp3) is 0.615. The number of phenolic OH excluding ortho intramolecular Hbond substituents is 1. The second-order valence-electron chi connectivity index (χ2n) is 9.70. The third kappa shape index (κ3) is 9.58. The minimum atomic E-state index is -1.24. The molecule has 0 spiro atoms. The first-order valence-electron chi connectivity index (χ1n) is 13.3. The zero-order chi connectivity index (χ0) is 28.1. The van der Waals surface area contributed by atoms with Crippen molar-refractivity contribution in [2.24, 2.45) is 17.2 Å². The van der Waals surface area contributed by atoms with Gasteiger partial charge in [-0.3, -0.25) is 14.4 Å². The van der Waals surface area contributed by atoms with Crippen LogP contribution >= 0.6 is 0 Å². The zero-order valence-electron chi connectivity index (χ0n) is 21.8. The number of nitrogens with one attached hydrogen (secondary N) is 2. The van der Waals surface area contributed by atoms with Crippen molar-refractivity contribution in [3.05, 3.63) is 29.8 Å². The topological polar surface area (TPSA) is 214 Å². The van der Waals surface area contributed by atoms with Crippen molar-refractivity contribution in [1.82, 2.24) is 15.5 Å². The lowest BCUT2D eigenvalue weighted by Crippen LogP contribution is -2.56. The minimum absolute atomic E-state index is 0.00221. The van der Waals surface area contributed by atoms with Gasteiger partial charge in [-0.2, -0.15) is 0 Å². The molecule has 1 aromatic carbocycles. The fourth-order valence-electron chi connectivity index (χ4n) is 4.52. The van der Waals surface area contributed by atoms with Gasteiger partial charge >= 0.3 is 5.97 Å². The Hall–Kier alpha value is -3.22. The van der Waals surface area contributed by atoms with E-state index in [0.29, 0.717) is 63.7 Å². The molecule has 1 fully saturated rings. The van der Waals surface area contributed by atoms with Crippen LogP contribution in [0.2, 0.25) is 0 Å². The summed E-state index contributed by atoms with van der Waals surface area (Å²) in [4.78, 5) is 52.6. The van der Waals surface area contributed by atoms with Crippen molar-refractivity contribution in [3.63, 3.8) is 0 Å². The van der Waals surface area contributed by atoms with Gasteiger partial charge in [0.2, 0.25) is 17.7 Å². The van der Waals surface area contributed by atoms with E-state index in [-0.39, 0.29) is 24.5 Å². The number of amides is 3. The van der Waals surface area contributed by atoms with Crippen LogP contribution in [0, 0.1) is 0 Å². The second-order valence-corrected chi connectivity index (χ2v) is 9.70. The molecule has 0 radical (unpaired) electrons. The maximum Gasteiger partial charge on any atom is 0.326 e. The fourth-order valence-corrected chi connectivity index (χ4v) is 4.52. The average molecular weight is 535 g/mol. The maximum atomic E-state index is 13.2. The van der Waals surface area contributed by atoms with Gasteiger partial charge in [0.05, 0.1) is 6.04 Å². The van der Waals surface area contributed by atoms with Gasteiger partial charge in [-0.15, -0.1) is 0 Å². The van der Waals surface area contributed by atoms with Crippen LogP contribution in [0.25, 0.3) is 0 Å². The Labute approximate surface area is 223 Å². The SMILES string of the molecule is NCCCCC(N)C(=O)N1CCCC1C(=O)NC(CCCCN)C(=O)NC(Cc1ccc(O)cc1)C(=O)O. The van der Waals surface area contributed by atoms with Crippen molar-refractivity contribution in [1.29, 1.82) is 0 Å². The highest BCUT2D eigenvalue weighted by atomic mass is 16.4. The van der Waals surface area contributed by atoms with Gasteiger partial charge in [-0.1, -0.05) is 18.6 Å². The number of unbranched alkanes of at least 4 members (excludes halogenated alkanes) is 2. The third-order valence-corrected chi connectivity index (χ3v) is 6.70. The maximum absolute atomic E-state index is 13.2.